The number of hydrogen-bond donors (Lipinski definition) is 1. The zero-order valence-corrected chi connectivity index (χ0v) is 12.7. The molecule has 3 nitrogen and oxygen atoms in total. The second-order valence-electron chi connectivity index (χ2n) is 6.68. The van der Waals surface area contributed by atoms with Gasteiger partial charge in [-0.25, -0.2) is 0 Å². The van der Waals surface area contributed by atoms with Crippen LogP contribution in [0.5, 0.6) is 0 Å². The standard InChI is InChI=1S/C16H27N3/c1-5-14-12-19(11-13-6-8-17-9-7-13)15(10-18-14)16(2,3)4/h6-9,14-15,18H,5,10-12H2,1-4H3. The van der Waals surface area contributed by atoms with Gasteiger partial charge in [0.05, 0.1) is 0 Å². The molecule has 0 amide bonds. The van der Waals surface area contributed by atoms with E-state index in [2.05, 4.69) is 55.0 Å². The average molecular weight is 261 g/mol. The van der Waals surface area contributed by atoms with Crippen LogP contribution >= 0.6 is 0 Å². The lowest BCUT2D eigenvalue weighted by Crippen LogP contribution is -2.59. The Morgan fingerprint density at radius 3 is 2.58 bits per heavy atom. The number of nitrogens with zero attached hydrogens (tertiary/aromatic N) is 2. The van der Waals surface area contributed by atoms with Gasteiger partial charge in [-0.2, -0.15) is 0 Å². The molecule has 1 saturated heterocycles. The predicted octanol–water partition coefficient (Wildman–Crippen LogP) is 2.68. The Morgan fingerprint density at radius 1 is 1.32 bits per heavy atom. The maximum Gasteiger partial charge on any atom is 0.0273 e. The van der Waals surface area contributed by atoms with Crippen LogP contribution < -0.4 is 5.32 Å². The predicted molar refractivity (Wildman–Crippen MR) is 80.0 cm³/mol. The molecular weight excluding hydrogens is 234 g/mol. The molecule has 0 spiro atoms. The van der Waals surface area contributed by atoms with Crippen molar-refractivity contribution in [1.82, 2.24) is 15.2 Å². The molecule has 1 aromatic heterocycles. The van der Waals surface area contributed by atoms with E-state index in [9.17, 15) is 0 Å². The monoisotopic (exact) mass is 261 g/mol. The van der Waals surface area contributed by atoms with E-state index >= 15 is 0 Å². The van der Waals surface area contributed by atoms with Crippen LogP contribution in [0.2, 0.25) is 0 Å². The van der Waals surface area contributed by atoms with Gasteiger partial charge < -0.3 is 5.32 Å². The summed E-state index contributed by atoms with van der Waals surface area (Å²) in [5.74, 6) is 0. The summed E-state index contributed by atoms with van der Waals surface area (Å²) >= 11 is 0. The highest BCUT2D eigenvalue weighted by Gasteiger charge is 2.34. The Morgan fingerprint density at radius 2 is 2.00 bits per heavy atom. The molecule has 106 valence electrons. The van der Waals surface area contributed by atoms with E-state index in [0.29, 0.717) is 17.5 Å². The van der Waals surface area contributed by atoms with Crippen molar-refractivity contribution < 1.29 is 0 Å². The average Bonchev–Trinajstić information content (AvgIpc) is 2.38. The van der Waals surface area contributed by atoms with E-state index in [0.717, 1.165) is 19.6 Å². The molecule has 0 radical (unpaired) electrons. The molecule has 1 aliphatic rings. The summed E-state index contributed by atoms with van der Waals surface area (Å²) in [6, 6.07) is 5.47. The normalized spacial score (nSPS) is 25.5. The van der Waals surface area contributed by atoms with Gasteiger partial charge >= 0.3 is 0 Å². The molecule has 0 aliphatic carbocycles. The maximum atomic E-state index is 4.11. The van der Waals surface area contributed by atoms with Crippen LogP contribution in [0.4, 0.5) is 0 Å². The second-order valence-corrected chi connectivity index (χ2v) is 6.68. The fourth-order valence-corrected chi connectivity index (χ4v) is 2.91. The Kier molecular flexibility index (Phi) is 4.58. The van der Waals surface area contributed by atoms with Crippen molar-refractivity contribution in [2.45, 2.75) is 52.7 Å². The van der Waals surface area contributed by atoms with E-state index in [1.165, 1.54) is 12.0 Å². The van der Waals surface area contributed by atoms with Crippen molar-refractivity contribution in [3.63, 3.8) is 0 Å². The smallest absolute Gasteiger partial charge is 0.0273 e. The third kappa shape index (κ3) is 3.77. The highest BCUT2D eigenvalue weighted by Crippen LogP contribution is 2.28. The van der Waals surface area contributed by atoms with E-state index in [1.807, 2.05) is 12.4 Å². The van der Waals surface area contributed by atoms with Gasteiger partial charge in [0.1, 0.15) is 0 Å². The van der Waals surface area contributed by atoms with Gasteiger partial charge in [-0.1, -0.05) is 27.7 Å². The van der Waals surface area contributed by atoms with E-state index in [-0.39, 0.29) is 0 Å². The minimum Gasteiger partial charge on any atom is -0.311 e. The molecule has 19 heavy (non-hydrogen) atoms. The molecule has 2 rings (SSSR count). The van der Waals surface area contributed by atoms with Crippen molar-refractivity contribution in [1.29, 1.82) is 0 Å². The Bertz CT molecular complexity index is 383. The van der Waals surface area contributed by atoms with E-state index < -0.39 is 0 Å². The first-order valence-corrected chi connectivity index (χ1v) is 7.37. The van der Waals surface area contributed by atoms with Gasteiger partial charge in [0.2, 0.25) is 0 Å². The third-order valence-electron chi connectivity index (χ3n) is 4.12. The molecule has 0 aromatic carbocycles. The molecule has 1 fully saturated rings. The van der Waals surface area contributed by atoms with E-state index in [4.69, 9.17) is 0 Å². The molecule has 2 heterocycles. The summed E-state index contributed by atoms with van der Waals surface area (Å²) in [4.78, 5) is 6.75. The van der Waals surface area contributed by atoms with Crippen LogP contribution in [0.15, 0.2) is 24.5 Å². The van der Waals surface area contributed by atoms with Crippen LogP contribution in [0.3, 0.4) is 0 Å². The Hall–Kier alpha value is -0.930. The van der Waals surface area contributed by atoms with Crippen LogP contribution in [0, 0.1) is 5.41 Å². The summed E-state index contributed by atoms with van der Waals surface area (Å²) in [5.41, 5.74) is 1.67. The molecule has 0 saturated carbocycles. The quantitative estimate of drug-likeness (QED) is 0.906. The van der Waals surface area contributed by atoms with Crippen LogP contribution in [0.25, 0.3) is 0 Å². The molecule has 3 heteroatoms. The molecule has 1 aromatic rings. The van der Waals surface area contributed by atoms with Crippen molar-refractivity contribution in [3.05, 3.63) is 30.1 Å². The number of aromatic nitrogens is 1. The summed E-state index contributed by atoms with van der Waals surface area (Å²) in [7, 11) is 0. The van der Waals surface area contributed by atoms with Gasteiger partial charge in [-0.3, -0.25) is 9.88 Å². The molecular formula is C16H27N3. The minimum absolute atomic E-state index is 0.304. The van der Waals surface area contributed by atoms with Crippen LogP contribution in [-0.2, 0) is 6.54 Å². The second kappa shape index (κ2) is 6.02. The van der Waals surface area contributed by atoms with Crippen molar-refractivity contribution >= 4 is 0 Å². The highest BCUT2D eigenvalue weighted by atomic mass is 15.2. The number of hydrogen-bond acceptors (Lipinski definition) is 3. The maximum absolute atomic E-state index is 4.11. The Balaban J connectivity index is 2.11. The summed E-state index contributed by atoms with van der Waals surface area (Å²) in [5, 5.41) is 3.69. The van der Waals surface area contributed by atoms with Gasteiger partial charge in [-0.05, 0) is 29.5 Å². The first-order valence-electron chi connectivity index (χ1n) is 7.37. The van der Waals surface area contributed by atoms with Gasteiger partial charge in [-0.15, -0.1) is 0 Å². The molecule has 0 bridgehead atoms. The van der Waals surface area contributed by atoms with E-state index in [1.54, 1.807) is 0 Å². The minimum atomic E-state index is 0.304. The molecule has 1 N–H and O–H groups in total. The van der Waals surface area contributed by atoms with Gasteiger partial charge in [0.25, 0.3) is 0 Å². The highest BCUT2D eigenvalue weighted by molar-refractivity contribution is 5.10. The number of nitrogens with one attached hydrogen (secondary N) is 1. The number of piperazine rings is 1. The van der Waals surface area contributed by atoms with Gasteiger partial charge in [0, 0.05) is 44.1 Å². The zero-order valence-electron chi connectivity index (χ0n) is 12.7. The first kappa shape index (κ1) is 14.5. The van der Waals surface area contributed by atoms with Crippen molar-refractivity contribution in [2.24, 2.45) is 5.41 Å². The zero-order chi connectivity index (χ0) is 13.9. The first-order chi connectivity index (χ1) is 9.00. The summed E-state index contributed by atoms with van der Waals surface area (Å²) in [6.07, 6.45) is 4.98. The van der Waals surface area contributed by atoms with Crippen molar-refractivity contribution in [3.8, 4) is 0 Å². The lowest BCUT2D eigenvalue weighted by Gasteiger charge is -2.46. The fraction of sp³-hybridized carbons (Fsp3) is 0.688. The fourth-order valence-electron chi connectivity index (χ4n) is 2.91. The molecule has 1 aliphatic heterocycles. The number of rotatable bonds is 3. The Labute approximate surface area is 117 Å². The van der Waals surface area contributed by atoms with Gasteiger partial charge in [0.15, 0.2) is 0 Å². The number of pyridine rings is 1. The lowest BCUT2D eigenvalue weighted by molar-refractivity contribution is 0.0485. The molecule has 2 unspecified atom stereocenters. The lowest BCUT2D eigenvalue weighted by atomic mass is 9.83. The third-order valence-corrected chi connectivity index (χ3v) is 4.12. The molecule has 2 atom stereocenters. The SMILES string of the molecule is CCC1CN(Cc2ccncc2)C(C(C)(C)C)CN1. The topological polar surface area (TPSA) is 28.2 Å². The van der Waals surface area contributed by atoms with Crippen LogP contribution in [0.1, 0.15) is 39.7 Å². The van der Waals surface area contributed by atoms with Crippen molar-refractivity contribution in [2.75, 3.05) is 13.1 Å². The van der Waals surface area contributed by atoms with Crippen LogP contribution in [-0.4, -0.2) is 35.1 Å². The summed E-state index contributed by atoms with van der Waals surface area (Å²) in [6.45, 7) is 12.5. The largest absolute Gasteiger partial charge is 0.311 e. The summed E-state index contributed by atoms with van der Waals surface area (Å²) < 4.78 is 0.